The maximum Gasteiger partial charge on any atom is 0.253 e. The van der Waals surface area contributed by atoms with Crippen molar-refractivity contribution in [1.82, 2.24) is 18.7 Å². The lowest BCUT2D eigenvalue weighted by molar-refractivity contribution is -0.118. The summed E-state index contributed by atoms with van der Waals surface area (Å²) < 4.78 is 35.5. The van der Waals surface area contributed by atoms with E-state index in [0.717, 1.165) is 22.3 Å². The van der Waals surface area contributed by atoms with Crippen LogP contribution in [0.25, 0.3) is 16.7 Å². The van der Waals surface area contributed by atoms with Crippen LogP contribution in [0.3, 0.4) is 0 Å². The predicted octanol–water partition coefficient (Wildman–Crippen LogP) is 3.02. The number of carbonyl (C=O) groups excluding carboxylic acids is 1. The van der Waals surface area contributed by atoms with Gasteiger partial charge in [0.15, 0.2) is 0 Å². The van der Waals surface area contributed by atoms with Gasteiger partial charge in [-0.1, -0.05) is 18.2 Å². The summed E-state index contributed by atoms with van der Waals surface area (Å²) in [5, 5.41) is 8.30. The van der Waals surface area contributed by atoms with Gasteiger partial charge in [-0.15, -0.1) is 0 Å². The summed E-state index contributed by atoms with van der Waals surface area (Å²) in [5.41, 5.74) is 2.95. The van der Waals surface area contributed by atoms with E-state index >= 15 is 0 Å². The van der Waals surface area contributed by atoms with Crippen LogP contribution in [-0.4, -0.2) is 59.3 Å². The van der Waals surface area contributed by atoms with E-state index in [1.165, 1.54) is 27.1 Å². The highest BCUT2D eigenvalue weighted by molar-refractivity contribution is 7.89. The molecule has 1 amide bonds. The number of ether oxygens (including phenoxy) is 1. The second-order valence-electron chi connectivity index (χ2n) is 9.27. The first kappa shape index (κ1) is 25.8. The van der Waals surface area contributed by atoms with E-state index in [-0.39, 0.29) is 10.5 Å². The molecule has 4 aromatic rings. The van der Waals surface area contributed by atoms with Crippen molar-refractivity contribution < 1.29 is 17.9 Å². The van der Waals surface area contributed by atoms with Gasteiger partial charge in [-0.3, -0.25) is 14.2 Å². The van der Waals surface area contributed by atoms with Crippen molar-refractivity contribution >= 4 is 32.7 Å². The number of hydrogen-bond acceptors (Lipinski definition) is 6. The summed E-state index contributed by atoms with van der Waals surface area (Å²) in [6.07, 6.45) is 0. The van der Waals surface area contributed by atoms with E-state index in [0.29, 0.717) is 37.6 Å². The zero-order chi connectivity index (χ0) is 27.0. The van der Waals surface area contributed by atoms with Crippen molar-refractivity contribution in [3.63, 3.8) is 0 Å². The zero-order valence-corrected chi connectivity index (χ0v) is 22.2. The van der Waals surface area contributed by atoms with Crippen LogP contribution in [0.15, 0.2) is 70.4 Å². The van der Waals surface area contributed by atoms with Crippen LogP contribution >= 0.6 is 0 Å². The Morgan fingerprint density at radius 1 is 1.03 bits per heavy atom. The number of morpholine rings is 1. The van der Waals surface area contributed by atoms with Crippen molar-refractivity contribution in [2.24, 2.45) is 0 Å². The molecule has 0 bridgehead atoms. The van der Waals surface area contributed by atoms with E-state index in [1.807, 2.05) is 44.2 Å². The van der Waals surface area contributed by atoms with E-state index in [9.17, 15) is 18.0 Å². The Labute approximate surface area is 220 Å². The average Bonchev–Trinajstić information content (AvgIpc) is 3.27. The summed E-state index contributed by atoms with van der Waals surface area (Å²) in [6, 6.07) is 16.1. The van der Waals surface area contributed by atoms with E-state index < -0.39 is 22.0 Å². The van der Waals surface area contributed by atoms with Crippen LogP contribution in [-0.2, 0) is 19.6 Å². The lowest BCUT2D eigenvalue weighted by Crippen LogP contribution is -2.40. The van der Waals surface area contributed by atoms with E-state index in [2.05, 4.69) is 10.4 Å². The molecule has 0 radical (unpaired) electrons. The number of carbonyl (C=O) groups is 1. The molecular weight excluding hydrogens is 506 g/mol. The molecular formula is C27H29N5O5S. The SMILES string of the molecule is Cc1cc(=O)n(C(C)C(=O)Nc2ccc(S(=O)(=O)N3CCOCC3)cc2)c2c1c(C)nn2-c1ccccc1. The number of fused-ring (bicyclic) bond motifs is 1. The van der Waals surface area contributed by atoms with Crippen LogP contribution in [0.5, 0.6) is 0 Å². The van der Waals surface area contributed by atoms with Crippen molar-refractivity contribution in [3.8, 4) is 5.69 Å². The molecule has 1 aliphatic rings. The number of pyridine rings is 1. The minimum atomic E-state index is -3.64. The van der Waals surface area contributed by atoms with Crippen LogP contribution in [0.2, 0.25) is 0 Å². The fraction of sp³-hybridized carbons (Fsp3) is 0.296. The fourth-order valence-electron chi connectivity index (χ4n) is 4.76. The van der Waals surface area contributed by atoms with Crippen molar-refractivity contribution in [2.45, 2.75) is 31.7 Å². The Bertz CT molecular complexity index is 1650. The molecule has 1 aliphatic heterocycles. The molecule has 1 fully saturated rings. The van der Waals surface area contributed by atoms with Gasteiger partial charge in [0, 0.05) is 30.2 Å². The number of aryl methyl sites for hydroxylation is 2. The molecule has 5 rings (SSSR count). The Hall–Kier alpha value is -3.80. The van der Waals surface area contributed by atoms with Gasteiger partial charge in [0.1, 0.15) is 11.7 Å². The van der Waals surface area contributed by atoms with Crippen molar-refractivity contribution in [1.29, 1.82) is 0 Å². The molecule has 2 aromatic carbocycles. The number of sulfonamides is 1. The molecule has 0 aliphatic carbocycles. The second-order valence-corrected chi connectivity index (χ2v) is 11.2. The van der Waals surface area contributed by atoms with E-state index in [4.69, 9.17) is 4.74 Å². The van der Waals surface area contributed by atoms with Crippen LogP contribution in [0.1, 0.15) is 24.2 Å². The molecule has 0 saturated carbocycles. The topological polar surface area (TPSA) is 116 Å². The van der Waals surface area contributed by atoms with Gasteiger partial charge in [0.2, 0.25) is 15.9 Å². The van der Waals surface area contributed by atoms with Gasteiger partial charge >= 0.3 is 0 Å². The zero-order valence-electron chi connectivity index (χ0n) is 21.4. The normalized spacial score (nSPS) is 15.4. The quantitative estimate of drug-likeness (QED) is 0.406. The number of nitrogens with zero attached hydrogens (tertiary/aromatic N) is 4. The maximum absolute atomic E-state index is 13.3. The molecule has 10 nitrogen and oxygen atoms in total. The standard InChI is InChI=1S/C27H29N5O5S/c1-18-17-24(33)31(27-25(18)19(2)29-32(27)22-7-5-4-6-8-22)20(3)26(34)28-21-9-11-23(12-10-21)38(35,36)30-13-15-37-16-14-30/h4-12,17,20H,13-16H2,1-3H3,(H,28,34). The number of rotatable bonds is 6. The largest absolute Gasteiger partial charge is 0.379 e. The minimum Gasteiger partial charge on any atom is -0.379 e. The number of nitrogens with one attached hydrogen (secondary N) is 1. The molecule has 38 heavy (non-hydrogen) atoms. The Morgan fingerprint density at radius 2 is 1.68 bits per heavy atom. The molecule has 198 valence electrons. The number of amides is 1. The van der Waals surface area contributed by atoms with Crippen molar-refractivity contribution in [3.05, 3.63) is 82.3 Å². The van der Waals surface area contributed by atoms with Gasteiger partial charge in [0.05, 0.1) is 29.5 Å². The third-order valence-corrected chi connectivity index (χ3v) is 8.65. The predicted molar refractivity (Wildman–Crippen MR) is 144 cm³/mol. The lowest BCUT2D eigenvalue weighted by Gasteiger charge is -2.26. The third kappa shape index (κ3) is 4.64. The Kier molecular flexibility index (Phi) is 6.91. The highest BCUT2D eigenvalue weighted by atomic mass is 32.2. The Balaban J connectivity index is 1.46. The molecule has 2 aromatic heterocycles. The molecule has 0 spiro atoms. The highest BCUT2D eigenvalue weighted by Gasteiger charge is 2.27. The summed E-state index contributed by atoms with van der Waals surface area (Å²) in [4.78, 5) is 26.7. The first-order valence-corrected chi connectivity index (χ1v) is 13.8. The van der Waals surface area contributed by atoms with Gasteiger partial charge in [-0.05, 0) is 62.7 Å². The van der Waals surface area contributed by atoms with Gasteiger partial charge < -0.3 is 10.1 Å². The van der Waals surface area contributed by atoms with Gasteiger partial charge in [-0.25, -0.2) is 13.1 Å². The molecule has 11 heteroatoms. The van der Waals surface area contributed by atoms with E-state index in [1.54, 1.807) is 23.7 Å². The second kappa shape index (κ2) is 10.2. The summed E-state index contributed by atoms with van der Waals surface area (Å²) in [5.74, 6) is -0.417. The highest BCUT2D eigenvalue weighted by Crippen LogP contribution is 2.26. The van der Waals surface area contributed by atoms with Crippen LogP contribution < -0.4 is 10.9 Å². The first-order valence-electron chi connectivity index (χ1n) is 12.3. The number of aromatic nitrogens is 3. The summed E-state index contributed by atoms with van der Waals surface area (Å²) in [7, 11) is -3.64. The lowest BCUT2D eigenvalue weighted by atomic mass is 10.1. The number of para-hydroxylation sites is 1. The van der Waals surface area contributed by atoms with Gasteiger partial charge in [0.25, 0.3) is 5.56 Å². The first-order chi connectivity index (χ1) is 18.2. The van der Waals surface area contributed by atoms with Crippen molar-refractivity contribution in [2.75, 3.05) is 31.6 Å². The molecule has 1 saturated heterocycles. The monoisotopic (exact) mass is 535 g/mol. The molecule has 1 N–H and O–H groups in total. The number of benzene rings is 2. The van der Waals surface area contributed by atoms with Crippen LogP contribution in [0, 0.1) is 13.8 Å². The molecule has 1 unspecified atom stereocenters. The molecule has 1 atom stereocenters. The Morgan fingerprint density at radius 3 is 2.34 bits per heavy atom. The number of hydrogen-bond donors (Lipinski definition) is 1. The minimum absolute atomic E-state index is 0.143. The smallest absolute Gasteiger partial charge is 0.253 e. The fourth-order valence-corrected chi connectivity index (χ4v) is 6.17. The summed E-state index contributed by atoms with van der Waals surface area (Å²) in [6.45, 7) is 6.71. The third-order valence-electron chi connectivity index (χ3n) is 6.73. The molecule has 3 heterocycles. The maximum atomic E-state index is 13.3. The van der Waals surface area contributed by atoms with Gasteiger partial charge in [-0.2, -0.15) is 9.40 Å². The average molecular weight is 536 g/mol. The number of anilines is 1. The summed E-state index contributed by atoms with van der Waals surface area (Å²) >= 11 is 0. The van der Waals surface area contributed by atoms with Crippen LogP contribution in [0.4, 0.5) is 5.69 Å².